The van der Waals surface area contributed by atoms with Gasteiger partial charge in [0.1, 0.15) is 5.75 Å². The number of nitrogens with zero attached hydrogens (tertiary/aromatic N) is 1. The van der Waals surface area contributed by atoms with Crippen molar-refractivity contribution in [3.8, 4) is 5.75 Å². The van der Waals surface area contributed by atoms with Gasteiger partial charge in [0.2, 0.25) is 0 Å². The highest BCUT2D eigenvalue weighted by Crippen LogP contribution is 2.22. The molecule has 1 aliphatic heterocycles. The van der Waals surface area contributed by atoms with Crippen molar-refractivity contribution in [2.45, 2.75) is 0 Å². The van der Waals surface area contributed by atoms with Crippen molar-refractivity contribution in [1.82, 2.24) is 0 Å². The van der Waals surface area contributed by atoms with Gasteiger partial charge >= 0.3 is 10.1 Å². The Hall–Kier alpha value is -1.27. The molecule has 0 aliphatic carbocycles. The monoisotopic (exact) mass is 257 g/mol. The lowest BCUT2D eigenvalue weighted by atomic mass is 10.2. The highest BCUT2D eigenvalue weighted by molar-refractivity contribution is 7.86. The van der Waals surface area contributed by atoms with Crippen LogP contribution in [0.25, 0.3) is 0 Å². The maximum atomic E-state index is 11.0. The topological polar surface area (TPSA) is 55.8 Å². The zero-order valence-corrected chi connectivity index (χ0v) is 10.4. The van der Waals surface area contributed by atoms with Crippen molar-refractivity contribution in [3.63, 3.8) is 0 Å². The maximum Gasteiger partial charge on any atom is 0.306 e. The summed E-state index contributed by atoms with van der Waals surface area (Å²) in [5, 5.41) is 0. The van der Waals surface area contributed by atoms with Crippen LogP contribution >= 0.6 is 0 Å². The molecule has 1 aliphatic rings. The zero-order valence-electron chi connectivity index (χ0n) is 9.63. The van der Waals surface area contributed by atoms with Gasteiger partial charge in [0.05, 0.1) is 19.5 Å². The Kier molecular flexibility index (Phi) is 3.54. The van der Waals surface area contributed by atoms with Crippen molar-refractivity contribution in [1.29, 1.82) is 0 Å². The molecule has 0 spiro atoms. The van der Waals surface area contributed by atoms with Crippen LogP contribution in [0.3, 0.4) is 0 Å². The van der Waals surface area contributed by atoms with Crippen LogP contribution in [0.1, 0.15) is 0 Å². The number of hydrogen-bond donors (Lipinski definition) is 0. The van der Waals surface area contributed by atoms with Gasteiger partial charge in [-0.05, 0) is 12.1 Å². The van der Waals surface area contributed by atoms with E-state index in [2.05, 4.69) is 4.90 Å². The van der Waals surface area contributed by atoms with Gasteiger partial charge in [0.15, 0.2) is 0 Å². The quantitative estimate of drug-likeness (QED) is 0.752. The van der Waals surface area contributed by atoms with Gasteiger partial charge < -0.3 is 13.8 Å². The minimum absolute atomic E-state index is 0.344. The van der Waals surface area contributed by atoms with Crippen LogP contribution < -0.4 is 9.08 Å². The van der Waals surface area contributed by atoms with Gasteiger partial charge in [-0.1, -0.05) is 6.07 Å². The molecule has 2 rings (SSSR count). The lowest BCUT2D eigenvalue weighted by Crippen LogP contribution is -2.36. The van der Waals surface area contributed by atoms with Gasteiger partial charge in [-0.2, -0.15) is 8.42 Å². The molecule has 0 atom stereocenters. The second-order valence-electron chi connectivity index (χ2n) is 3.88. The molecule has 1 fully saturated rings. The smallest absolute Gasteiger partial charge is 0.306 e. The van der Waals surface area contributed by atoms with E-state index in [9.17, 15) is 8.42 Å². The number of hydrogen-bond acceptors (Lipinski definition) is 5. The maximum absolute atomic E-state index is 11.0. The standard InChI is InChI=1S/C11H15NO4S/c1-17(13,14)16-11-4-2-3-10(9-11)12-5-7-15-8-6-12/h2-4,9H,5-8H2,1H3. The fourth-order valence-electron chi connectivity index (χ4n) is 1.73. The molecule has 0 bridgehead atoms. The van der Waals surface area contributed by atoms with Crippen LogP contribution in [0.4, 0.5) is 5.69 Å². The number of ether oxygens (including phenoxy) is 1. The van der Waals surface area contributed by atoms with Crippen molar-refractivity contribution in [3.05, 3.63) is 24.3 Å². The highest BCUT2D eigenvalue weighted by atomic mass is 32.2. The van der Waals surface area contributed by atoms with E-state index >= 15 is 0 Å². The van der Waals surface area contributed by atoms with E-state index in [4.69, 9.17) is 8.92 Å². The van der Waals surface area contributed by atoms with Crippen molar-refractivity contribution < 1.29 is 17.3 Å². The molecule has 0 amide bonds. The van der Waals surface area contributed by atoms with E-state index in [0.29, 0.717) is 19.0 Å². The van der Waals surface area contributed by atoms with Gasteiger partial charge in [0.25, 0.3) is 0 Å². The SMILES string of the molecule is CS(=O)(=O)Oc1cccc(N2CCOCC2)c1. The first-order valence-electron chi connectivity index (χ1n) is 5.37. The summed E-state index contributed by atoms with van der Waals surface area (Å²) in [5.74, 6) is 0.344. The average molecular weight is 257 g/mol. The van der Waals surface area contributed by atoms with E-state index in [1.165, 1.54) is 0 Å². The first-order valence-corrected chi connectivity index (χ1v) is 7.18. The molecule has 0 unspecified atom stereocenters. The summed E-state index contributed by atoms with van der Waals surface area (Å²) >= 11 is 0. The van der Waals surface area contributed by atoms with Gasteiger partial charge in [0, 0.05) is 24.8 Å². The molecule has 0 N–H and O–H groups in total. The highest BCUT2D eigenvalue weighted by Gasteiger charge is 2.12. The van der Waals surface area contributed by atoms with Crippen molar-refractivity contribution in [2.24, 2.45) is 0 Å². The summed E-state index contributed by atoms with van der Waals surface area (Å²) < 4.78 is 32.2. The molecule has 94 valence electrons. The Balaban J connectivity index is 2.16. The first-order chi connectivity index (χ1) is 8.04. The number of benzene rings is 1. The lowest BCUT2D eigenvalue weighted by molar-refractivity contribution is 0.122. The summed E-state index contributed by atoms with van der Waals surface area (Å²) in [6, 6.07) is 7.07. The minimum Gasteiger partial charge on any atom is -0.383 e. The second kappa shape index (κ2) is 4.93. The van der Waals surface area contributed by atoms with Gasteiger partial charge in [-0.3, -0.25) is 0 Å². The molecule has 0 aromatic heterocycles. The molecule has 5 nitrogen and oxygen atoms in total. The third-order valence-electron chi connectivity index (χ3n) is 2.44. The van der Waals surface area contributed by atoms with Crippen LogP contribution in [-0.4, -0.2) is 41.0 Å². The molecule has 0 saturated carbocycles. The van der Waals surface area contributed by atoms with E-state index in [0.717, 1.165) is 25.0 Å². The first kappa shape index (κ1) is 12.2. The average Bonchev–Trinajstić information content (AvgIpc) is 2.28. The van der Waals surface area contributed by atoms with Crippen LogP contribution in [-0.2, 0) is 14.9 Å². The largest absolute Gasteiger partial charge is 0.383 e. The third-order valence-corrected chi connectivity index (χ3v) is 2.94. The molecule has 17 heavy (non-hydrogen) atoms. The summed E-state index contributed by atoms with van der Waals surface area (Å²) in [7, 11) is -3.47. The van der Waals surface area contributed by atoms with E-state index in [-0.39, 0.29) is 0 Å². The molecular weight excluding hydrogens is 242 g/mol. The predicted octanol–water partition coefficient (Wildman–Crippen LogP) is 0.862. The molecule has 6 heteroatoms. The predicted molar refractivity (Wildman–Crippen MR) is 64.9 cm³/mol. The molecule has 0 radical (unpaired) electrons. The van der Waals surface area contributed by atoms with Crippen LogP contribution in [0.5, 0.6) is 5.75 Å². The minimum atomic E-state index is -3.47. The van der Waals surface area contributed by atoms with Crippen molar-refractivity contribution >= 4 is 15.8 Å². The third kappa shape index (κ3) is 3.61. The normalized spacial score (nSPS) is 16.9. The number of morpholine rings is 1. The van der Waals surface area contributed by atoms with Crippen LogP contribution in [0, 0.1) is 0 Å². The molecule has 1 aromatic carbocycles. The Bertz CT molecular complexity index is 480. The number of rotatable bonds is 3. The van der Waals surface area contributed by atoms with Crippen molar-refractivity contribution in [2.75, 3.05) is 37.5 Å². The molecule has 1 heterocycles. The van der Waals surface area contributed by atoms with Gasteiger partial charge in [-0.15, -0.1) is 0 Å². The van der Waals surface area contributed by atoms with Crippen LogP contribution in [0.15, 0.2) is 24.3 Å². The molecule has 1 aromatic rings. The summed E-state index contributed by atoms with van der Waals surface area (Å²) in [5.41, 5.74) is 0.953. The zero-order chi connectivity index (χ0) is 12.3. The van der Waals surface area contributed by atoms with Crippen LogP contribution in [0.2, 0.25) is 0 Å². The fourth-order valence-corrected chi connectivity index (χ4v) is 2.18. The summed E-state index contributed by atoms with van der Waals surface area (Å²) in [6.45, 7) is 3.00. The fraction of sp³-hybridized carbons (Fsp3) is 0.455. The Labute approximate surface area is 101 Å². The Morgan fingerprint density at radius 1 is 1.29 bits per heavy atom. The Morgan fingerprint density at radius 2 is 2.00 bits per heavy atom. The summed E-state index contributed by atoms with van der Waals surface area (Å²) in [4.78, 5) is 2.14. The summed E-state index contributed by atoms with van der Waals surface area (Å²) in [6.07, 6.45) is 1.04. The Morgan fingerprint density at radius 3 is 2.65 bits per heavy atom. The second-order valence-corrected chi connectivity index (χ2v) is 5.46. The molecular formula is C11H15NO4S. The molecule has 1 saturated heterocycles. The van der Waals surface area contributed by atoms with E-state index in [1.54, 1.807) is 18.2 Å². The lowest BCUT2D eigenvalue weighted by Gasteiger charge is -2.28. The van der Waals surface area contributed by atoms with Gasteiger partial charge in [-0.25, -0.2) is 0 Å². The van der Waals surface area contributed by atoms with E-state index in [1.807, 2.05) is 6.07 Å². The number of anilines is 1. The van der Waals surface area contributed by atoms with E-state index < -0.39 is 10.1 Å².